The lowest BCUT2D eigenvalue weighted by Gasteiger charge is -2.05. The first-order chi connectivity index (χ1) is 6.75. The second-order valence-corrected chi connectivity index (χ2v) is 4.81. The lowest BCUT2D eigenvalue weighted by Crippen LogP contribution is -1.91. The molecular formula is C14H20. The SMILES string of the molecule is CC1C=CC2=C(C=C1)CCC(C)CC2. The molecule has 0 radical (unpaired) electrons. The Balaban J connectivity index is 2.21. The van der Waals surface area contributed by atoms with Crippen LogP contribution >= 0.6 is 0 Å². The summed E-state index contributed by atoms with van der Waals surface area (Å²) in [6, 6.07) is 0. The van der Waals surface area contributed by atoms with Crippen molar-refractivity contribution in [2.45, 2.75) is 39.5 Å². The fourth-order valence-electron chi connectivity index (χ4n) is 2.25. The molecule has 0 saturated heterocycles. The predicted octanol–water partition coefficient (Wildman–Crippen LogP) is 4.26. The summed E-state index contributed by atoms with van der Waals surface area (Å²) in [6.07, 6.45) is 14.7. The van der Waals surface area contributed by atoms with Crippen LogP contribution in [-0.4, -0.2) is 0 Å². The van der Waals surface area contributed by atoms with Gasteiger partial charge in [-0.25, -0.2) is 0 Å². The Morgan fingerprint density at radius 2 is 1.43 bits per heavy atom. The molecule has 0 aromatic rings. The van der Waals surface area contributed by atoms with Gasteiger partial charge in [0.05, 0.1) is 0 Å². The van der Waals surface area contributed by atoms with Crippen molar-refractivity contribution in [3.05, 3.63) is 35.5 Å². The standard InChI is InChI=1S/C14H20/c1-11-3-7-13-9-5-12(2)6-10-14(13)8-4-11/h3-4,7-8,11-12H,5-6,9-10H2,1-2H3. The first-order valence-corrected chi connectivity index (χ1v) is 5.84. The van der Waals surface area contributed by atoms with E-state index < -0.39 is 0 Å². The van der Waals surface area contributed by atoms with Gasteiger partial charge < -0.3 is 0 Å². The molecule has 2 rings (SSSR count). The Morgan fingerprint density at radius 3 is 1.93 bits per heavy atom. The molecule has 0 fully saturated rings. The molecular weight excluding hydrogens is 168 g/mol. The molecule has 2 aliphatic rings. The summed E-state index contributed by atoms with van der Waals surface area (Å²) >= 11 is 0. The number of hydrogen-bond donors (Lipinski definition) is 0. The second-order valence-electron chi connectivity index (χ2n) is 4.81. The highest BCUT2D eigenvalue weighted by Crippen LogP contribution is 2.30. The van der Waals surface area contributed by atoms with E-state index in [2.05, 4.69) is 38.2 Å². The second kappa shape index (κ2) is 4.16. The molecule has 0 heteroatoms. The van der Waals surface area contributed by atoms with Gasteiger partial charge >= 0.3 is 0 Å². The molecule has 0 saturated carbocycles. The third-order valence-corrected chi connectivity index (χ3v) is 3.43. The average Bonchev–Trinajstić information content (AvgIpc) is 2.44. The highest BCUT2D eigenvalue weighted by atomic mass is 14.2. The van der Waals surface area contributed by atoms with Gasteiger partial charge in [-0.1, -0.05) is 38.2 Å². The van der Waals surface area contributed by atoms with Crippen LogP contribution in [0.1, 0.15) is 39.5 Å². The Labute approximate surface area is 87.4 Å². The zero-order valence-corrected chi connectivity index (χ0v) is 9.29. The number of allylic oxidation sites excluding steroid dienone is 6. The quantitative estimate of drug-likeness (QED) is 0.533. The van der Waals surface area contributed by atoms with Crippen LogP contribution in [0.3, 0.4) is 0 Å². The van der Waals surface area contributed by atoms with E-state index >= 15 is 0 Å². The normalized spacial score (nSPS) is 24.7. The Morgan fingerprint density at radius 1 is 0.929 bits per heavy atom. The van der Waals surface area contributed by atoms with Gasteiger partial charge in [0.15, 0.2) is 0 Å². The predicted molar refractivity (Wildman–Crippen MR) is 62.1 cm³/mol. The van der Waals surface area contributed by atoms with Crippen molar-refractivity contribution in [3.63, 3.8) is 0 Å². The van der Waals surface area contributed by atoms with Gasteiger partial charge in [-0.3, -0.25) is 0 Å². The molecule has 0 heterocycles. The van der Waals surface area contributed by atoms with E-state index in [-0.39, 0.29) is 0 Å². The zero-order chi connectivity index (χ0) is 9.97. The van der Waals surface area contributed by atoms with Gasteiger partial charge in [0, 0.05) is 0 Å². The summed E-state index contributed by atoms with van der Waals surface area (Å²) in [7, 11) is 0. The van der Waals surface area contributed by atoms with E-state index in [1.165, 1.54) is 25.7 Å². The van der Waals surface area contributed by atoms with Crippen molar-refractivity contribution in [2.75, 3.05) is 0 Å². The first-order valence-electron chi connectivity index (χ1n) is 5.84. The molecule has 0 aliphatic heterocycles. The van der Waals surface area contributed by atoms with E-state index in [9.17, 15) is 0 Å². The van der Waals surface area contributed by atoms with Gasteiger partial charge in [0.1, 0.15) is 0 Å². The molecule has 0 aromatic carbocycles. The van der Waals surface area contributed by atoms with Gasteiger partial charge in [0.2, 0.25) is 0 Å². The highest BCUT2D eigenvalue weighted by molar-refractivity contribution is 5.37. The van der Waals surface area contributed by atoms with Crippen LogP contribution in [0, 0.1) is 11.8 Å². The van der Waals surface area contributed by atoms with Crippen molar-refractivity contribution in [1.29, 1.82) is 0 Å². The zero-order valence-electron chi connectivity index (χ0n) is 9.29. The van der Waals surface area contributed by atoms with Crippen molar-refractivity contribution >= 4 is 0 Å². The monoisotopic (exact) mass is 188 g/mol. The van der Waals surface area contributed by atoms with Crippen LogP contribution in [0.4, 0.5) is 0 Å². The summed E-state index contributed by atoms with van der Waals surface area (Å²) in [6.45, 7) is 4.63. The van der Waals surface area contributed by atoms with E-state index in [1.54, 1.807) is 11.1 Å². The minimum Gasteiger partial charge on any atom is -0.0776 e. The summed E-state index contributed by atoms with van der Waals surface area (Å²) in [4.78, 5) is 0. The first kappa shape index (κ1) is 9.76. The minimum atomic E-state index is 0.611. The molecule has 0 amide bonds. The van der Waals surface area contributed by atoms with Crippen molar-refractivity contribution in [3.8, 4) is 0 Å². The number of rotatable bonds is 0. The molecule has 0 aromatic heterocycles. The molecule has 0 spiro atoms. The van der Waals surface area contributed by atoms with E-state index in [4.69, 9.17) is 0 Å². The van der Waals surface area contributed by atoms with Crippen molar-refractivity contribution in [2.24, 2.45) is 11.8 Å². The Bertz CT molecular complexity index is 263. The van der Waals surface area contributed by atoms with Gasteiger partial charge in [-0.15, -0.1) is 0 Å². The van der Waals surface area contributed by atoms with E-state index in [0.29, 0.717) is 5.92 Å². The van der Waals surface area contributed by atoms with Crippen LogP contribution in [0.15, 0.2) is 35.5 Å². The lowest BCUT2D eigenvalue weighted by atomic mass is 10.0. The van der Waals surface area contributed by atoms with Crippen LogP contribution in [0.25, 0.3) is 0 Å². The smallest absolute Gasteiger partial charge is 0.00754 e. The molecule has 2 aliphatic carbocycles. The third-order valence-electron chi connectivity index (χ3n) is 3.43. The third kappa shape index (κ3) is 2.17. The van der Waals surface area contributed by atoms with Gasteiger partial charge in [-0.05, 0) is 48.7 Å². The summed E-state index contributed by atoms with van der Waals surface area (Å²) in [5.41, 5.74) is 3.19. The van der Waals surface area contributed by atoms with Crippen molar-refractivity contribution < 1.29 is 0 Å². The summed E-state index contributed by atoms with van der Waals surface area (Å²) < 4.78 is 0. The summed E-state index contributed by atoms with van der Waals surface area (Å²) in [5.74, 6) is 1.51. The fourth-order valence-corrected chi connectivity index (χ4v) is 2.25. The molecule has 14 heavy (non-hydrogen) atoms. The molecule has 0 N–H and O–H groups in total. The topological polar surface area (TPSA) is 0 Å². The van der Waals surface area contributed by atoms with Crippen LogP contribution < -0.4 is 0 Å². The minimum absolute atomic E-state index is 0.611. The fraction of sp³-hybridized carbons (Fsp3) is 0.571. The van der Waals surface area contributed by atoms with Crippen LogP contribution in [0.5, 0.6) is 0 Å². The largest absolute Gasteiger partial charge is 0.0776 e. The van der Waals surface area contributed by atoms with Crippen LogP contribution in [-0.2, 0) is 0 Å². The maximum absolute atomic E-state index is 2.38. The van der Waals surface area contributed by atoms with Crippen LogP contribution in [0.2, 0.25) is 0 Å². The molecule has 0 atom stereocenters. The molecule has 0 nitrogen and oxygen atoms in total. The van der Waals surface area contributed by atoms with Crippen molar-refractivity contribution in [1.82, 2.24) is 0 Å². The van der Waals surface area contributed by atoms with E-state index in [1.807, 2.05) is 0 Å². The Kier molecular flexibility index (Phi) is 2.90. The molecule has 0 bridgehead atoms. The summed E-state index contributed by atoms with van der Waals surface area (Å²) in [5, 5.41) is 0. The lowest BCUT2D eigenvalue weighted by molar-refractivity contribution is 0.509. The van der Waals surface area contributed by atoms with Gasteiger partial charge in [-0.2, -0.15) is 0 Å². The average molecular weight is 188 g/mol. The van der Waals surface area contributed by atoms with E-state index in [0.717, 1.165) is 5.92 Å². The molecule has 0 unspecified atom stereocenters. The number of hydrogen-bond acceptors (Lipinski definition) is 0. The maximum atomic E-state index is 2.38. The molecule has 76 valence electrons. The Hall–Kier alpha value is -0.780. The van der Waals surface area contributed by atoms with Gasteiger partial charge in [0.25, 0.3) is 0 Å². The maximum Gasteiger partial charge on any atom is -0.00754 e. The highest BCUT2D eigenvalue weighted by Gasteiger charge is 2.13.